The summed E-state index contributed by atoms with van der Waals surface area (Å²) in [4.78, 5) is 57.4. The number of para-hydroxylation sites is 1. The lowest BCUT2D eigenvalue weighted by atomic mass is 10.0. The van der Waals surface area contributed by atoms with Crippen molar-refractivity contribution in [3.05, 3.63) is 65.7 Å². The fourth-order valence-corrected chi connectivity index (χ4v) is 4.89. The molecule has 4 amide bonds. The lowest BCUT2D eigenvalue weighted by molar-refractivity contribution is -0.139. The van der Waals surface area contributed by atoms with E-state index in [2.05, 4.69) is 20.9 Å². The highest BCUT2D eigenvalue weighted by atomic mass is 16.5. The number of hydrogen-bond acceptors (Lipinski definition) is 6. The van der Waals surface area contributed by atoms with Gasteiger partial charge in [-0.05, 0) is 63.5 Å². The first-order valence-corrected chi connectivity index (χ1v) is 15.1. The van der Waals surface area contributed by atoms with E-state index in [0.29, 0.717) is 18.7 Å². The van der Waals surface area contributed by atoms with Crippen LogP contribution in [0, 0.1) is 5.92 Å². The summed E-state index contributed by atoms with van der Waals surface area (Å²) in [5.41, 5.74) is 1.20. The maximum atomic E-state index is 13.7. The normalized spacial score (nSPS) is 20.4. The summed E-state index contributed by atoms with van der Waals surface area (Å²) < 4.78 is 6.10. The molecular weight excluding hydrogens is 546 g/mol. The average molecular weight is 594 g/mol. The molecule has 3 atom stereocenters. The third-order valence-corrected chi connectivity index (χ3v) is 7.72. The molecule has 0 spiro atoms. The number of rotatable bonds is 9. The zero-order valence-corrected chi connectivity index (χ0v) is 26.1. The third kappa shape index (κ3) is 10.4. The van der Waals surface area contributed by atoms with Crippen LogP contribution < -0.4 is 20.7 Å². The summed E-state index contributed by atoms with van der Waals surface area (Å²) >= 11 is 0. The predicted octanol–water partition coefficient (Wildman–Crippen LogP) is 2.63. The maximum absolute atomic E-state index is 13.7. The summed E-state index contributed by atoms with van der Waals surface area (Å²) in [7, 11) is 5.61. The van der Waals surface area contributed by atoms with Gasteiger partial charge in [0.2, 0.25) is 17.7 Å². The largest absolute Gasteiger partial charge is 0.491 e. The van der Waals surface area contributed by atoms with Gasteiger partial charge in [0.25, 0.3) is 5.91 Å². The van der Waals surface area contributed by atoms with Crippen molar-refractivity contribution in [2.24, 2.45) is 5.92 Å². The van der Waals surface area contributed by atoms with Crippen LogP contribution in [-0.2, 0) is 20.8 Å². The van der Waals surface area contributed by atoms with Gasteiger partial charge < -0.3 is 30.5 Å². The van der Waals surface area contributed by atoms with Crippen molar-refractivity contribution in [1.82, 2.24) is 25.8 Å². The second-order valence-corrected chi connectivity index (χ2v) is 11.7. The van der Waals surface area contributed by atoms with E-state index >= 15 is 0 Å². The molecule has 0 fully saturated rings. The number of benzene rings is 2. The van der Waals surface area contributed by atoms with E-state index < -0.39 is 18.0 Å². The number of carbonyl (C=O) groups is 4. The van der Waals surface area contributed by atoms with Crippen LogP contribution in [0.25, 0.3) is 0 Å². The Hall–Kier alpha value is -3.92. The summed E-state index contributed by atoms with van der Waals surface area (Å²) in [5.74, 6) is -1.02. The van der Waals surface area contributed by atoms with Crippen LogP contribution in [-0.4, -0.2) is 92.4 Å². The molecule has 0 aliphatic carbocycles. The summed E-state index contributed by atoms with van der Waals surface area (Å²) in [6.45, 7) is 5.45. The van der Waals surface area contributed by atoms with E-state index in [4.69, 9.17) is 4.74 Å². The molecule has 0 aromatic heterocycles. The molecule has 1 heterocycles. The van der Waals surface area contributed by atoms with Crippen molar-refractivity contribution < 1.29 is 23.9 Å². The Balaban J connectivity index is 1.89. The zero-order chi connectivity index (χ0) is 31.4. The smallest absolute Gasteiger partial charge is 0.255 e. The molecule has 10 heteroatoms. The molecule has 0 radical (unpaired) electrons. The minimum Gasteiger partial charge on any atom is -0.491 e. The van der Waals surface area contributed by atoms with Gasteiger partial charge in [0.1, 0.15) is 24.4 Å². The quantitative estimate of drug-likeness (QED) is 0.385. The van der Waals surface area contributed by atoms with Crippen LogP contribution >= 0.6 is 0 Å². The number of carbonyl (C=O) groups excluding carboxylic acids is 4. The van der Waals surface area contributed by atoms with E-state index in [0.717, 1.165) is 24.9 Å². The molecule has 1 aliphatic rings. The Morgan fingerprint density at radius 2 is 1.72 bits per heavy atom. The van der Waals surface area contributed by atoms with Gasteiger partial charge in [0, 0.05) is 26.4 Å². The van der Waals surface area contributed by atoms with Crippen LogP contribution in [0.2, 0.25) is 0 Å². The second-order valence-electron chi connectivity index (χ2n) is 11.7. The first kappa shape index (κ1) is 33.6. The number of nitrogens with zero attached hydrogens (tertiary/aromatic N) is 2. The molecule has 2 aromatic rings. The fraction of sp³-hybridized carbons (Fsp3) is 0.515. The van der Waals surface area contributed by atoms with Crippen molar-refractivity contribution in [1.29, 1.82) is 0 Å². The van der Waals surface area contributed by atoms with E-state index in [1.165, 1.54) is 4.90 Å². The van der Waals surface area contributed by atoms with Crippen LogP contribution in [0.4, 0.5) is 0 Å². The minimum atomic E-state index is -0.943. The Morgan fingerprint density at radius 1 is 1.02 bits per heavy atom. The first-order chi connectivity index (χ1) is 20.6. The van der Waals surface area contributed by atoms with Crippen LogP contribution in [0.5, 0.6) is 5.75 Å². The standard InChI is InChI=1S/C33H47N5O5/c1-23(2)27-22-43-29-16-10-9-15-25(29)31(40)35-26(32(41)34-19-11-12-20-37(3)4)17-18-30(39)38(5)28(33(42)36-27)21-24-13-7-6-8-14-24/h6-10,13-16,23,26-28H,11-12,17-22H2,1-5H3,(H,34,41)(H,35,40)(H,36,42)/t26-,27-,28-/m0/s1. The summed E-state index contributed by atoms with van der Waals surface area (Å²) in [5, 5.41) is 8.84. The van der Waals surface area contributed by atoms with Gasteiger partial charge >= 0.3 is 0 Å². The van der Waals surface area contributed by atoms with Crippen molar-refractivity contribution in [2.75, 3.05) is 40.8 Å². The van der Waals surface area contributed by atoms with Gasteiger partial charge in [-0.2, -0.15) is 0 Å². The van der Waals surface area contributed by atoms with Gasteiger partial charge in [-0.15, -0.1) is 0 Å². The second kappa shape index (κ2) is 16.6. The predicted molar refractivity (Wildman–Crippen MR) is 167 cm³/mol. The van der Waals surface area contributed by atoms with Gasteiger partial charge in [-0.1, -0.05) is 56.3 Å². The molecule has 3 N–H and O–H groups in total. The molecule has 0 saturated heterocycles. The molecule has 0 bridgehead atoms. The van der Waals surface area contributed by atoms with E-state index in [1.807, 2.05) is 58.3 Å². The van der Waals surface area contributed by atoms with Crippen LogP contribution in [0.1, 0.15) is 55.5 Å². The van der Waals surface area contributed by atoms with Gasteiger partial charge in [0.15, 0.2) is 0 Å². The van der Waals surface area contributed by atoms with E-state index in [-0.39, 0.29) is 54.7 Å². The molecule has 0 unspecified atom stereocenters. The number of nitrogens with one attached hydrogen (secondary N) is 3. The summed E-state index contributed by atoms with van der Waals surface area (Å²) in [6.07, 6.45) is 2.09. The Kier molecular flexibility index (Phi) is 13.0. The topological polar surface area (TPSA) is 120 Å². The van der Waals surface area contributed by atoms with Crippen LogP contribution in [0.15, 0.2) is 54.6 Å². The first-order valence-electron chi connectivity index (χ1n) is 15.1. The van der Waals surface area contributed by atoms with Crippen molar-refractivity contribution in [2.45, 2.75) is 64.1 Å². The van der Waals surface area contributed by atoms with E-state index in [9.17, 15) is 19.2 Å². The fourth-order valence-electron chi connectivity index (χ4n) is 4.89. The average Bonchev–Trinajstić information content (AvgIpc) is 2.99. The highest BCUT2D eigenvalue weighted by molar-refractivity contribution is 5.99. The highest BCUT2D eigenvalue weighted by Crippen LogP contribution is 2.20. The van der Waals surface area contributed by atoms with Crippen molar-refractivity contribution in [3.63, 3.8) is 0 Å². The molecule has 0 saturated carbocycles. The lowest BCUT2D eigenvalue weighted by Crippen LogP contribution is -2.53. The van der Waals surface area contributed by atoms with Gasteiger partial charge in [0.05, 0.1) is 11.6 Å². The molecule has 10 nitrogen and oxygen atoms in total. The lowest BCUT2D eigenvalue weighted by Gasteiger charge is -2.31. The summed E-state index contributed by atoms with van der Waals surface area (Å²) in [6, 6.07) is 14.3. The monoisotopic (exact) mass is 593 g/mol. The molecule has 1 aliphatic heterocycles. The zero-order valence-electron chi connectivity index (χ0n) is 26.1. The van der Waals surface area contributed by atoms with Crippen LogP contribution in [0.3, 0.4) is 0 Å². The minimum absolute atomic E-state index is 0.0183. The maximum Gasteiger partial charge on any atom is 0.255 e. The van der Waals surface area contributed by atoms with Gasteiger partial charge in [-0.25, -0.2) is 0 Å². The molecule has 234 valence electrons. The number of fused-ring (bicyclic) bond motifs is 1. The molecule has 2 aromatic carbocycles. The van der Waals surface area contributed by atoms with Gasteiger partial charge in [-0.3, -0.25) is 19.2 Å². The third-order valence-electron chi connectivity index (χ3n) is 7.72. The SMILES string of the molecule is CC(C)[C@@H]1COc2ccccc2C(=O)N[C@H](C(=O)NCCCCN(C)C)CCC(=O)N(C)[C@@H](Cc2ccccc2)C(=O)N1. The number of hydrogen-bond donors (Lipinski definition) is 3. The Morgan fingerprint density at radius 3 is 2.42 bits per heavy atom. The molecule has 3 rings (SSSR count). The Labute approximate surface area is 255 Å². The Bertz CT molecular complexity index is 1220. The molecule has 43 heavy (non-hydrogen) atoms. The highest BCUT2D eigenvalue weighted by Gasteiger charge is 2.32. The number of amides is 4. The number of ether oxygens (including phenoxy) is 1. The van der Waals surface area contributed by atoms with Crippen molar-refractivity contribution in [3.8, 4) is 5.75 Å². The number of unbranched alkanes of at least 4 members (excludes halogenated alkanes) is 1. The molecular formula is C33H47N5O5. The van der Waals surface area contributed by atoms with Crippen molar-refractivity contribution >= 4 is 23.6 Å². The van der Waals surface area contributed by atoms with E-state index in [1.54, 1.807) is 31.3 Å². The number of likely N-dealkylation sites (N-methyl/N-ethyl adjacent to an activating group) is 1.